The van der Waals surface area contributed by atoms with Gasteiger partial charge in [-0.15, -0.1) is 0 Å². The van der Waals surface area contributed by atoms with E-state index in [1.807, 2.05) is 0 Å². The first-order valence-electron chi connectivity index (χ1n) is 7.66. The molecule has 0 aromatic heterocycles. The Balaban J connectivity index is 3.98. The van der Waals surface area contributed by atoms with E-state index in [-0.39, 0.29) is 18.7 Å². The van der Waals surface area contributed by atoms with Crippen molar-refractivity contribution in [2.75, 3.05) is 7.11 Å². The van der Waals surface area contributed by atoms with E-state index >= 15 is 0 Å². The van der Waals surface area contributed by atoms with Crippen LogP contribution < -0.4 is 11.1 Å². The highest BCUT2D eigenvalue weighted by molar-refractivity contribution is 5.85. The minimum Gasteiger partial charge on any atom is -0.467 e. The molecule has 3 N–H and O–H groups in total. The second-order valence-electron chi connectivity index (χ2n) is 5.17. The van der Waals surface area contributed by atoms with Gasteiger partial charge in [-0.2, -0.15) is 0 Å². The molecule has 0 rings (SSSR count). The number of carbonyl (C=O) groups excluding carboxylic acids is 3. The molecule has 0 saturated heterocycles. The largest absolute Gasteiger partial charge is 0.467 e. The van der Waals surface area contributed by atoms with E-state index in [4.69, 9.17) is 5.73 Å². The maximum Gasteiger partial charge on any atom is 0.328 e. The van der Waals surface area contributed by atoms with Crippen LogP contribution in [0.3, 0.4) is 0 Å². The van der Waals surface area contributed by atoms with Crippen LogP contribution in [0.1, 0.15) is 64.7 Å². The van der Waals surface area contributed by atoms with E-state index in [1.165, 1.54) is 26.4 Å². The Morgan fingerprint density at radius 2 is 1.67 bits per heavy atom. The summed E-state index contributed by atoms with van der Waals surface area (Å²) in [7, 11) is 1.25. The molecule has 0 fully saturated rings. The molecular weight excluding hydrogens is 272 g/mol. The third kappa shape index (κ3) is 10.8. The molecule has 0 spiro atoms. The Bertz CT molecular complexity index is 332. The summed E-state index contributed by atoms with van der Waals surface area (Å²) in [5.41, 5.74) is 5.05. The highest BCUT2D eigenvalue weighted by atomic mass is 16.5. The number of rotatable bonds is 12. The number of nitrogens with one attached hydrogen (secondary N) is 1. The van der Waals surface area contributed by atoms with Gasteiger partial charge in [0.25, 0.3) is 0 Å². The lowest BCUT2D eigenvalue weighted by Crippen LogP contribution is -2.42. The number of esters is 1. The number of hydrogen-bond acceptors (Lipinski definition) is 4. The van der Waals surface area contributed by atoms with Gasteiger partial charge in [0.1, 0.15) is 6.04 Å². The van der Waals surface area contributed by atoms with Crippen LogP contribution in [0.4, 0.5) is 0 Å². The fourth-order valence-corrected chi connectivity index (χ4v) is 2.01. The number of amides is 2. The molecule has 122 valence electrons. The van der Waals surface area contributed by atoms with Crippen molar-refractivity contribution >= 4 is 17.8 Å². The predicted octanol–water partition coefficient (Wildman–Crippen LogP) is 1.66. The van der Waals surface area contributed by atoms with Gasteiger partial charge < -0.3 is 15.8 Å². The minimum atomic E-state index is -0.796. The van der Waals surface area contributed by atoms with Crippen LogP contribution in [0.5, 0.6) is 0 Å². The van der Waals surface area contributed by atoms with Gasteiger partial charge in [0, 0.05) is 12.8 Å². The smallest absolute Gasteiger partial charge is 0.328 e. The lowest BCUT2D eigenvalue weighted by molar-refractivity contribution is -0.145. The first-order valence-corrected chi connectivity index (χ1v) is 7.66. The highest BCUT2D eigenvalue weighted by Gasteiger charge is 2.21. The first-order chi connectivity index (χ1) is 10.0. The number of ether oxygens (including phenoxy) is 1. The van der Waals surface area contributed by atoms with Crippen LogP contribution in [0.25, 0.3) is 0 Å². The average Bonchev–Trinajstić information content (AvgIpc) is 2.46. The fraction of sp³-hybridized carbons (Fsp3) is 0.800. The van der Waals surface area contributed by atoms with Crippen molar-refractivity contribution in [3.8, 4) is 0 Å². The Morgan fingerprint density at radius 3 is 2.24 bits per heavy atom. The van der Waals surface area contributed by atoms with Crippen molar-refractivity contribution in [1.82, 2.24) is 5.32 Å². The molecule has 0 aliphatic carbocycles. The van der Waals surface area contributed by atoms with Gasteiger partial charge in [0.2, 0.25) is 11.8 Å². The first kappa shape index (κ1) is 19.4. The lowest BCUT2D eigenvalue weighted by Gasteiger charge is -2.15. The number of carbonyl (C=O) groups is 3. The molecule has 0 aliphatic rings. The second-order valence-corrected chi connectivity index (χ2v) is 5.17. The molecule has 2 amide bonds. The molecule has 21 heavy (non-hydrogen) atoms. The minimum absolute atomic E-state index is 0.0388. The quantitative estimate of drug-likeness (QED) is 0.423. The molecule has 1 atom stereocenters. The van der Waals surface area contributed by atoms with Crippen LogP contribution in [-0.4, -0.2) is 30.9 Å². The average molecular weight is 300 g/mol. The van der Waals surface area contributed by atoms with E-state index in [0.29, 0.717) is 6.42 Å². The molecule has 0 radical (unpaired) electrons. The van der Waals surface area contributed by atoms with Gasteiger partial charge in [-0.05, 0) is 12.8 Å². The summed E-state index contributed by atoms with van der Waals surface area (Å²) in [5, 5.41) is 2.60. The van der Waals surface area contributed by atoms with Gasteiger partial charge in [-0.25, -0.2) is 4.79 Å². The molecule has 0 unspecified atom stereocenters. The molecular formula is C15H28N2O4. The van der Waals surface area contributed by atoms with Gasteiger partial charge in [0.15, 0.2) is 0 Å². The number of primary amides is 1. The predicted molar refractivity (Wildman–Crippen MR) is 80.4 cm³/mol. The summed E-state index contributed by atoms with van der Waals surface area (Å²) in [5.74, 6) is -1.24. The number of methoxy groups -OCH3 is 1. The molecule has 0 bridgehead atoms. The highest BCUT2D eigenvalue weighted by Crippen LogP contribution is 2.07. The van der Waals surface area contributed by atoms with Crippen molar-refractivity contribution in [3.63, 3.8) is 0 Å². The van der Waals surface area contributed by atoms with Crippen molar-refractivity contribution < 1.29 is 19.1 Å². The molecule has 6 heteroatoms. The van der Waals surface area contributed by atoms with Crippen molar-refractivity contribution in [2.24, 2.45) is 5.73 Å². The van der Waals surface area contributed by atoms with E-state index in [9.17, 15) is 14.4 Å². The fourth-order valence-electron chi connectivity index (χ4n) is 2.01. The van der Waals surface area contributed by atoms with Gasteiger partial charge in [-0.3, -0.25) is 9.59 Å². The Hall–Kier alpha value is -1.59. The van der Waals surface area contributed by atoms with Crippen LogP contribution >= 0.6 is 0 Å². The van der Waals surface area contributed by atoms with Crippen LogP contribution in [0.15, 0.2) is 0 Å². The van der Waals surface area contributed by atoms with Crippen LogP contribution in [0, 0.1) is 0 Å². The van der Waals surface area contributed by atoms with E-state index in [2.05, 4.69) is 17.0 Å². The Kier molecular flexibility index (Phi) is 11.3. The zero-order valence-electron chi connectivity index (χ0n) is 13.2. The lowest BCUT2D eigenvalue weighted by atomic mass is 10.1. The third-order valence-corrected chi connectivity index (χ3v) is 3.26. The molecule has 0 aromatic carbocycles. The topological polar surface area (TPSA) is 98.5 Å². The van der Waals surface area contributed by atoms with Crippen LogP contribution in [-0.2, 0) is 19.1 Å². The summed E-state index contributed by atoms with van der Waals surface area (Å²) in [4.78, 5) is 34.0. The van der Waals surface area contributed by atoms with Crippen molar-refractivity contribution in [3.05, 3.63) is 0 Å². The summed E-state index contributed by atoms with van der Waals surface area (Å²) < 4.78 is 4.61. The molecule has 0 aliphatic heterocycles. The number of unbranched alkanes of at least 4 members (excludes halogenated alkanes) is 5. The molecule has 6 nitrogen and oxygen atoms in total. The van der Waals surface area contributed by atoms with Crippen molar-refractivity contribution in [1.29, 1.82) is 0 Å². The van der Waals surface area contributed by atoms with Crippen molar-refractivity contribution in [2.45, 2.75) is 70.8 Å². The maximum absolute atomic E-state index is 11.8. The summed E-state index contributed by atoms with van der Waals surface area (Å²) in [6.07, 6.45) is 7.16. The summed E-state index contributed by atoms with van der Waals surface area (Å²) in [6.45, 7) is 2.16. The normalized spacial score (nSPS) is 11.7. The van der Waals surface area contributed by atoms with Gasteiger partial charge in [0.05, 0.1) is 7.11 Å². The molecule has 0 saturated carbocycles. The van der Waals surface area contributed by atoms with Gasteiger partial charge in [-0.1, -0.05) is 39.0 Å². The van der Waals surface area contributed by atoms with Crippen LogP contribution in [0.2, 0.25) is 0 Å². The Morgan fingerprint density at radius 1 is 1.05 bits per heavy atom. The standard InChI is InChI=1S/C15H28N2O4/c1-3-4-5-6-7-8-9-14(19)17-12(15(20)21-2)10-11-13(16)18/h12H,3-11H2,1-2H3,(H2,16,18)(H,17,19)/t12-/m0/s1. The monoisotopic (exact) mass is 300 g/mol. The Labute approximate surface area is 126 Å². The van der Waals surface area contributed by atoms with E-state index < -0.39 is 17.9 Å². The molecule has 0 aromatic rings. The summed E-state index contributed by atoms with van der Waals surface area (Å²) in [6, 6.07) is -0.796. The zero-order valence-corrected chi connectivity index (χ0v) is 13.2. The third-order valence-electron chi connectivity index (χ3n) is 3.26. The van der Waals surface area contributed by atoms with E-state index in [0.717, 1.165) is 19.3 Å². The SMILES string of the molecule is CCCCCCCCC(=O)N[C@@H](CCC(N)=O)C(=O)OC. The van der Waals surface area contributed by atoms with E-state index in [1.54, 1.807) is 0 Å². The summed E-state index contributed by atoms with van der Waals surface area (Å²) >= 11 is 0. The number of hydrogen-bond donors (Lipinski definition) is 2. The second kappa shape index (κ2) is 12.2. The number of nitrogens with two attached hydrogens (primary N) is 1. The van der Waals surface area contributed by atoms with Gasteiger partial charge >= 0.3 is 5.97 Å². The maximum atomic E-state index is 11.8. The molecule has 0 heterocycles. The zero-order chi connectivity index (χ0) is 16.1.